The maximum atomic E-state index is 5.63. The van der Waals surface area contributed by atoms with Crippen LogP contribution in [0.1, 0.15) is 11.1 Å². The van der Waals surface area contributed by atoms with Crippen LogP contribution in [0.4, 0.5) is 11.8 Å². The number of nitrogens with one attached hydrogen (secondary N) is 2. The first-order valence-electron chi connectivity index (χ1n) is 4.56. The molecule has 2 aromatic heterocycles. The fourth-order valence-electron chi connectivity index (χ4n) is 1.12. The van der Waals surface area contributed by atoms with E-state index in [9.17, 15) is 0 Å². The average molecular weight is 204 g/mol. The average Bonchev–Trinajstić information content (AvgIpc) is 2.63. The molecule has 2 rings (SSSR count). The maximum absolute atomic E-state index is 5.63. The Morgan fingerprint density at radius 2 is 2.07 bits per heavy atom. The van der Waals surface area contributed by atoms with Gasteiger partial charge in [-0.3, -0.25) is 5.10 Å². The number of anilines is 2. The molecule has 2 aromatic rings. The highest BCUT2D eigenvalue weighted by atomic mass is 15.2. The lowest BCUT2D eigenvalue weighted by Gasteiger charge is -2.03. The van der Waals surface area contributed by atoms with Gasteiger partial charge in [-0.05, 0) is 12.5 Å². The first kappa shape index (κ1) is 9.45. The van der Waals surface area contributed by atoms with Crippen molar-refractivity contribution in [1.29, 1.82) is 0 Å². The van der Waals surface area contributed by atoms with Gasteiger partial charge in [0.2, 0.25) is 5.95 Å². The molecular weight excluding hydrogens is 192 g/mol. The number of nitrogen functional groups attached to an aromatic ring is 1. The normalized spacial score (nSPS) is 10.2. The van der Waals surface area contributed by atoms with Gasteiger partial charge in [0.15, 0.2) is 0 Å². The lowest BCUT2D eigenvalue weighted by molar-refractivity contribution is 1.04. The zero-order chi connectivity index (χ0) is 10.7. The van der Waals surface area contributed by atoms with Gasteiger partial charge in [0, 0.05) is 24.5 Å². The van der Waals surface area contributed by atoms with Crippen LogP contribution in [0.5, 0.6) is 0 Å². The van der Waals surface area contributed by atoms with Gasteiger partial charge in [-0.15, -0.1) is 0 Å². The van der Waals surface area contributed by atoms with Crippen LogP contribution in [0.15, 0.2) is 18.6 Å². The molecule has 15 heavy (non-hydrogen) atoms. The van der Waals surface area contributed by atoms with Gasteiger partial charge in [-0.25, -0.2) is 9.97 Å². The summed E-state index contributed by atoms with van der Waals surface area (Å²) in [4.78, 5) is 8.23. The summed E-state index contributed by atoms with van der Waals surface area (Å²) in [7, 11) is 0. The highest BCUT2D eigenvalue weighted by Gasteiger charge is 2.01. The van der Waals surface area contributed by atoms with Crippen LogP contribution in [-0.2, 0) is 6.54 Å². The number of aromatic nitrogens is 4. The molecule has 78 valence electrons. The second-order valence-electron chi connectivity index (χ2n) is 3.25. The predicted molar refractivity (Wildman–Crippen MR) is 57.1 cm³/mol. The molecule has 0 bridgehead atoms. The summed E-state index contributed by atoms with van der Waals surface area (Å²) in [6, 6.07) is 0. The highest BCUT2D eigenvalue weighted by molar-refractivity contribution is 5.39. The van der Waals surface area contributed by atoms with Crippen LogP contribution in [-0.4, -0.2) is 20.2 Å². The lowest BCUT2D eigenvalue weighted by Crippen LogP contribution is -2.04. The summed E-state index contributed by atoms with van der Waals surface area (Å²) >= 11 is 0. The van der Waals surface area contributed by atoms with Crippen molar-refractivity contribution >= 4 is 11.8 Å². The minimum Gasteiger partial charge on any atom is -0.384 e. The molecule has 6 nitrogen and oxygen atoms in total. The zero-order valence-corrected chi connectivity index (χ0v) is 8.36. The van der Waals surface area contributed by atoms with Crippen molar-refractivity contribution < 1.29 is 0 Å². The predicted octanol–water partition coefficient (Wildman–Crippen LogP) is 0.702. The Hall–Kier alpha value is -2.11. The van der Waals surface area contributed by atoms with Crippen molar-refractivity contribution in [3.8, 4) is 0 Å². The fraction of sp³-hybridized carbons (Fsp3) is 0.222. The summed E-state index contributed by atoms with van der Waals surface area (Å²) in [5.41, 5.74) is 7.56. The summed E-state index contributed by atoms with van der Waals surface area (Å²) in [5, 5.41) is 9.53. The Balaban J connectivity index is 1.99. The number of nitrogens with two attached hydrogens (primary N) is 1. The molecule has 4 N–H and O–H groups in total. The molecule has 0 aliphatic rings. The van der Waals surface area contributed by atoms with Crippen molar-refractivity contribution in [2.24, 2.45) is 0 Å². The van der Waals surface area contributed by atoms with Gasteiger partial charge in [0.25, 0.3) is 0 Å². The first-order chi connectivity index (χ1) is 7.25. The number of rotatable bonds is 3. The third-order valence-corrected chi connectivity index (χ3v) is 1.97. The zero-order valence-electron chi connectivity index (χ0n) is 8.36. The van der Waals surface area contributed by atoms with Crippen molar-refractivity contribution in [1.82, 2.24) is 20.2 Å². The molecule has 0 amide bonds. The molecule has 0 radical (unpaired) electrons. The molecule has 0 unspecified atom stereocenters. The van der Waals surface area contributed by atoms with E-state index < -0.39 is 0 Å². The summed E-state index contributed by atoms with van der Waals surface area (Å²) in [6.45, 7) is 2.50. The first-order valence-corrected chi connectivity index (χ1v) is 4.56. The van der Waals surface area contributed by atoms with Gasteiger partial charge in [0.1, 0.15) is 5.82 Å². The van der Waals surface area contributed by atoms with Gasteiger partial charge in [0.05, 0.1) is 6.20 Å². The molecule has 0 spiro atoms. The molecule has 6 heteroatoms. The topological polar surface area (TPSA) is 92.5 Å². The van der Waals surface area contributed by atoms with E-state index in [-0.39, 0.29) is 0 Å². The monoisotopic (exact) mass is 204 g/mol. The number of H-pyrrole nitrogens is 1. The van der Waals surface area contributed by atoms with Crippen molar-refractivity contribution in [2.75, 3.05) is 11.1 Å². The molecule has 0 fully saturated rings. The Bertz CT molecular complexity index is 432. The van der Waals surface area contributed by atoms with Gasteiger partial charge < -0.3 is 11.1 Å². The standard InChI is InChI=1S/C9H12N6/c1-6-2-11-9(12-3-6)13-4-7-5-14-15-8(7)10/h2-3,5H,4H2,1H3,(H3,10,14,15)(H,11,12,13). The van der Waals surface area contributed by atoms with E-state index in [1.165, 1.54) is 0 Å². The molecule has 0 atom stereocenters. The largest absolute Gasteiger partial charge is 0.384 e. The van der Waals surface area contributed by atoms with Crippen LogP contribution < -0.4 is 11.1 Å². The number of aromatic amines is 1. The van der Waals surface area contributed by atoms with Crippen molar-refractivity contribution in [3.63, 3.8) is 0 Å². The molecule has 0 aliphatic carbocycles. The second-order valence-corrected chi connectivity index (χ2v) is 3.25. The lowest BCUT2D eigenvalue weighted by atomic mass is 10.3. The minimum atomic E-state index is 0.561. The number of hydrogen-bond donors (Lipinski definition) is 3. The molecular formula is C9H12N6. The smallest absolute Gasteiger partial charge is 0.222 e. The van der Waals surface area contributed by atoms with Crippen LogP contribution in [0.25, 0.3) is 0 Å². The van der Waals surface area contributed by atoms with Crippen molar-refractivity contribution in [3.05, 3.63) is 29.7 Å². The third kappa shape index (κ3) is 2.22. The Morgan fingerprint density at radius 3 is 2.67 bits per heavy atom. The fourth-order valence-corrected chi connectivity index (χ4v) is 1.12. The molecule has 0 saturated heterocycles. The summed E-state index contributed by atoms with van der Waals surface area (Å²) < 4.78 is 0. The van der Waals surface area contributed by atoms with E-state index in [1.54, 1.807) is 18.6 Å². The van der Waals surface area contributed by atoms with E-state index in [0.29, 0.717) is 18.3 Å². The number of nitrogens with zero attached hydrogens (tertiary/aromatic N) is 3. The Morgan fingerprint density at radius 1 is 1.33 bits per heavy atom. The van der Waals surface area contributed by atoms with Crippen LogP contribution >= 0.6 is 0 Å². The van der Waals surface area contributed by atoms with Gasteiger partial charge in [-0.2, -0.15) is 5.10 Å². The van der Waals surface area contributed by atoms with Crippen LogP contribution in [0.3, 0.4) is 0 Å². The SMILES string of the molecule is Cc1cnc(NCc2cn[nH]c2N)nc1. The summed E-state index contributed by atoms with van der Waals surface area (Å²) in [5.74, 6) is 1.15. The van der Waals surface area contributed by atoms with Crippen molar-refractivity contribution in [2.45, 2.75) is 13.5 Å². The minimum absolute atomic E-state index is 0.561. The Labute approximate surface area is 86.9 Å². The molecule has 0 aromatic carbocycles. The van der Waals surface area contributed by atoms with Gasteiger partial charge >= 0.3 is 0 Å². The number of aryl methyl sites for hydroxylation is 1. The van der Waals surface area contributed by atoms with Crippen LogP contribution in [0, 0.1) is 6.92 Å². The maximum Gasteiger partial charge on any atom is 0.222 e. The van der Waals surface area contributed by atoms with E-state index >= 15 is 0 Å². The second kappa shape index (κ2) is 3.95. The third-order valence-electron chi connectivity index (χ3n) is 1.97. The van der Waals surface area contributed by atoms with E-state index in [1.807, 2.05) is 6.92 Å². The highest BCUT2D eigenvalue weighted by Crippen LogP contribution is 2.08. The van der Waals surface area contributed by atoms with E-state index in [0.717, 1.165) is 11.1 Å². The molecule has 0 saturated carbocycles. The quantitative estimate of drug-likeness (QED) is 0.684. The molecule has 0 aliphatic heterocycles. The Kier molecular flexibility index (Phi) is 2.49. The van der Waals surface area contributed by atoms with Crippen LogP contribution in [0.2, 0.25) is 0 Å². The molecule has 2 heterocycles. The van der Waals surface area contributed by atoms with Gasteiger partial charge in [-0.1, -0.05) is 0 Å². The van der Waals surface area contributed by atoms with E-state index in [2.05, 4.69) is 25.5 Å². The van der Waals surface area contributed by atoms with E-state index in [4.69, 9.17) is 5.73 Å². The summed E-state index contributed by atoms with van der Waals surface area (Å²) in [6.07, 6.45) is 5.19. The number of hydrogen-bond acceptors (Lipinski definition) is 5.